The molecule has 0 amide bonds. The summed E-state index contributed by atoms with van der Waals surface area (Å²) in [5.41, 5.74) is 0.549. The van der Waals surface area contributed by atoms with Crippen LogP contribution >= 0.6 is 0 Å². The quantitative estimate of drug-likeness (QED) is 0.590. The fraction of sp³-hybridized carbons (Fsp3) is 0.188. The van der Waals surface area contributed by atoms with Crippen LogP contribution in [0.1, 0.15) is 21.5 Å². The summed E-state index contributed by atoms with van der Waals surface area (Å²) in [5, 5.41) is 0. The number of rotatable bonds is 6. The van der Waals surface area contributed by atoms with Gasteiger partial charge in [0.1, 0.15) is 11.6 Å². The highest BCUT2D eigenvalue weighted by atomic mass is 32.2. The Morgan fingerprint density at radius 3 is 2.54 bits per heavy atom. The first kappa shape index (κ1) is 18.2. The molecule has 1 unspecified atom stereocenters. The molecule has 0 saturated carbocycles. The van der Waals surface area contributed by atoms with Crippen molar-refractivity contribution in [1.82, 2.24) is 4.31 Å². The van der Waals surface area contributed by atoms with E-state index in [0.717, 1.165) is 10.4 Å². The van der Waals surface area contributed by atoms with Crippen LogP contribution in [0.4, 0.5) is 8.78 Å². The molecule has 8 heteroatoms. The van der Waals surface area contributed by atoms with Crippen molar-refractivity contribution in [2.45, 2.75) is 13.1 Å². The molecule has 2 rings (SSSR count). The Morgan fingerprint density at radius 2 is 1.96 bits per heavy atom. The second kappa shape index (κ2) is 8.09. The maximum atomic E-state index is 14.1. The number of benzene rings is 2. The molecule has 0 aliphatic heterocycles. The Balaban J connectivity index is 2.19. The SMILES string of the molecule is COC(=O)c1ccc(CN(Cc2cccc(F)c2)S(=O)[O-])c(F)c1. The average Bonchev–Trinajstić information content (AvgIpc) is 2.55. The van der Waals surface area contributed by atoms with E-state index in [0.29, 0.717) is 5.56 Å². The Hall–Kier alpha value is -2.16. The van der Waals surface area contributed by atoms with E-state index in [4.69, 9.17) is 0 Å². The van der Waals surface area contributed by atoms with Gasteiger partial charge in [0.15, 0.2) is 0 Å². The van der Waals surface area contributed by atoms with Gasteiger partial charge < -0.3 is 9.29 Å². The van der Waals surface area contributed by atoms with Crippen LogP contribution in [-0.2, 0) is 29.1 Å². The minimum atomic E-state index is -2.63. The van der Waals surface area contributed by atoms with Gasteiger partial charge in [-0.3, -0.25) is 4.21 Å². The van der Waals surface area contributed by atoms with Gasteiger partial charge in [0, 0.05) is 29.9 Å². The van der Waals surface area contributed by atoms with Crippen molar-refractivity contribution < 1.29 is 27.1 Å². The molecule has 0 radical (unpaired) electrons. The molecule has 0 heterocycles. The molecule has 2 aromatic rings. The minimum absolute atomic E-state index is 0.0266. The number of carbonyl (C=O) groups is 1. The van der Waals surface area contributed by atoms with E-state index in [1.165, 1.54) is 37.4 Å². The van der Waals surface area contributed by atoms with E-state index in [9.17, 15) is 22.3 Å². The molecule has 0 aromatic heterocycles. The van der Waals surface area contributed by atoms with Crippen molar-refractivity contribution in [3.05, 3.63) is 70.8 Å². The molecule has 0 aliphatic rings. The first-order chi connectivity index (χ1) is 11.4. The Morgan fingerprint density at radius 1 is 1.21 bits per heavy atom. The maximum absolute atomic E-state index is 14.1. The van der Waals surface area contributed by atoms with Gasteiger partial charge in [0.25, 0.3) is 0 Å². The second-order valence-corrected chi connectivity index (χ2v) is 5.89. The first-order valence-electron chi connectivity index (χ1n) is 6.86. The van der Waals surface area contributed by atoms with E-state index < -0.39 is 28.9 Å². The van der Waals surface area contributed by atoms with Crippen molar-refractivity contribution in [3.8, 4) is 0 Å². The van der Waals surface area contributed by atoms with Gasteiger partial charge in [0.2, 0.25) is 0 Å². The largest absolute Gasteiger partial charge is 0.760 e. The van der Waals surface area contributed by atoms with Crippen LogP contribution in [0.3, 0.4) is 0 Å². The molecule has 1 atom stereocenters. The minimum Gasteiger partial charge on any atom is -0.760 e. The van der Waals surface area contributed by atoms with E-state index in [2.05, 4.69) is 4.74 Å². The van der Waals surface area contributed by atoms with Gasteiger partial charge in [-0.05, 0) is 29.8 Å². The summed E-state index contributed by atoms with van der Waals surface area (Å²) < 4.78 is 55.4. The molecule has 0 spiro atoms. The lowest BCUT2D eigenvalue weighted by molar-refractivity contribution is 0.0600. The van der Waals surface area contributed by atoms with Crippen LogP contribution in [-0.4, -0.2) is 26.1 Å². The summed E-state index contributed by atoms with van der Waals surface area (Å²) in [6, 6.07) is 9.12. The second-order valence-electron chi connectivity index (χ2n) is 4.94. The Labute approximate surface area is 140 Å². The van der Waals surface area contributed by atoms with Gasteiger partial charge in [-0.2, -0.15) is 0 Å². The summed E-state index contributed by atoms with van der Waals surface area (Å²) in [7, 11) is 1.18. The number of carbonyl (C=O) groups excluding carboxylic acids is 1. The lowest BCUT2D eigenvalue weighted by Gasteiger charge is -2.24. The standard InChI is InChI=1S/C16H15F2NO4S/c1-23-16(20)12-5-6-13(15(18)8-12)10-19(24(21)22)9-11-3-2-4-14(17)7-11/h2-8H,9-10H2,1H3,(H,21,22)/p-1. The lowest BCUT2D eigenvalue weighted by atomic mass is 10.1. The fourth-order valence-electron chi connectivity index (χ4n) is 2.11. The van der Waals surface area contributed by atoms with Crippen LogP contribution in [0, 0.1) is 11.6 Å². The Kier molecular flexibility index (Phi) is 6.13. The highest BCUT2D eigenvalue weighted by molar-refractivity contribution is 7.76. The lowest BCUT2D eigenvalue weighted by Crippen LogP contribution is -2.25. The van der Waals surface area contributed by atoms with Crippen LogP contribution in [0.2, 0.25) is 0 Å². The van der Waals surface area contributed by atoms with Crippen molar-refractivity contribution in [3.63, 3.8) is 0 Å². The fourth-order valence-corrected chi connectivity index (χ4v) is 2.61. The predicted molar refractivity (Wildman–Crippen MR) is 82.3 cm³/mol. The van der Waals surface area contributed by atoms with Crippen molar-refractivity contribution in [1.29, 1.82) is 0 Å². The maximum Gasteiger partial charge on any atom is 0.337 e. The first-order valence-corrected chi connectivity index (χ1v) is 7.89. The number of esters is 1. The predicted octanol–water partition coefficient (Wildman–Crippen LogP) is 2.55. The average molecular weight is 354 g/mol. The van der Waals surface area contributed by atoms with Gasteiger partial charge >= 0.3 is 5.97 Å². The monoisotopic (exact) mass is 354 g/mol. The van der Waals surface area contributed by atoms with Crippen LogP contribution in [0.5, 0.6) is 0 Å². The third-order valence-corrected chi connectivity index (χ3v) is 3.96. The van der Waals surface area contributed by atoms with Gasteiger partial charge in [-0.25, -0.2) is 17.9 Å². The molecular formula is C16H14F2NO4S-. The molecular weight excluding hydrogens is 340 g/mol. The van der Waals surface area contributed by atoms with Crippen molar-refractivity contribution >= 4 is 17.2 Å². The zero-order valence-electron chi connectivity index (χ0n) is 12.7. The highest BCUT2D eigenvalue weighted by Gasteiger charge is 2.14. The van der Waals surface area contributed by atoms with Gasteiger partial charge in [-0.15, -0.1) is 0 Å². The van der Waals surface area contributed by atoms with E-state index in [1.807, 2.05) is 0 Å². The highest BCUT2D eigenvalue weighted by Crippen LogP contribution is 2.17. The topological polar surface area (TPSA) is 69.7 Å². The summed E-state index contributed by atoms with van der Waals surface area (Å²) in [6.07, 6.45) is 0. The smallest absolute Gasteiger partial charge is 0.337 e. The van der Waals surface area contributed by atoms with E-state index in [1.54, 1.807) is 6.07 Å². The number of ether oxygens (including phenoxy) is 1. The summed E-state index contributed by atoms with van der Waals surface area (Å²) in [6.45, 7) is -0.355. The molecule has 0 fully saturated rings. The normalized spacial score (nSPS) is 12.2. The third-order valence-electron chi connectivity index (χ3n) is 3.28. The molecule has 0 bridgehead atoms. The molecule has 24 heavy (non-hydrogen) atoms. The zero-order valence-corrected chi connectivity index (χ0v) is 13.5. The molecule has 0 N–H and O–H groups in total. The van der Waals surface area contributed by atoms with Gasteiger partial charge in [-0.1, -0.05) is 18.2 Å². The Bertz CT molecular complexity index is 769. The van der Waals surface area contributed by atoms with E-state index >= 15 is 0 Å². The molecule has 0 saturated heterocycles. The third kappa shape index (κ3) is 4.67. The van der Waals surface area contributed by atoms with E-state index in [-0.39, 0.29) is 24.2 Å². The number of halogens is 2. The summed E-state index contributed by atoms with van der Waals surface area (Å²) >= 11 is -2.63. The van der Waals surface area contributed by atoms with Crippen LogP contribution in [0.25, 0.3) is 0 Å². The zero-order chi connectivity index (χ0) is 17.7. The van der Waals surface area contributed by atoms with Crippen LogP contribution in [0.15, 0.2) is 42.5 Å². The molecule has 128 valence electrons. The number of hydrogen-bond acceptors (Lipinski definition) is 4. The number of methoxy groups -OCH3 is 1. The van der Waals surface area contributed by atoms with Crippen molar-refractivity contribution in [2.75, 3.05) is 7.11 Å². The molecule has 5 nitrogen and oxygen atoms in total. The number of hydrogen-bond donors (Lipinski definition) is 0. The number of nitrogens with zero attached hydrogens (tertiary/aromatic N) is 1. The summed E-state index contributed by atoms with van der Waals surface area (Å²) in [4.78, 5) is 11.3. The van der Waals surface area contributed by atoms with Crippen LogP contribution < -0.4 is 0 Å². The molecule has 2 aromatic carbocycles. The van der Waals surface area contributed by atoms with Crippen molar-refractivity contribution in [2.24, 2.45) is 0 Å². The molecule has 0 aliphatic carbocycles. The summed E-state index contributed by atoms with van der Waals surface area (Å²) in [5.74, 6) is -1.91. The van der Waals surface area contributed by atoms with Gasteiger partial charge in [0.05, 0.1) is 12.7 Å².